The van der Waals surface area contributed by atoms with Crippen molar-refractivity contribution in [3.63, 3.8) is 0 Å². The van der Waals surface area contributed by atoms with E-state index < -0.39 is 29.7 Å². The van der Waals surface area contributed by atoms with Crippen molar-refractivity contribution in [1.82, 2.24) is 20.0 Å². The van der Waals surface area contributed by atoms with Crippen molar-refractivity contribution in [2.24, 2.45) is 0 Å². The highest BCUT2D eigenvalue weighted by molar-refractivity contribution is 5.95. The second-order valence-electron chi connectivity index (χ2n) is 6.66. The second kappa shape index (κ2) is 8.76. The van der Waals surface area contributed by atoms with Gasteiger partial charge in [0.25, 0.3) is 5.91 Å². The minimum Gasteiger partial charge on any atom is -0.485 e. The lowest BCUT2D eigenvalue weighted by Gasteiger charge is -2.13. The van der Waals surface area contributed by atoms with Crippen LogP contribution in [0.15, 0.2) is 36.5 Å². The topological polar surface area (TPSA) is 105 Å². The molecule has 10 heteroatoms. The van der Waals surface area contributed by atoms with Crippen LogP contribution in [-0.2, 0) is 6.61 Å². The summed E-state index contributed by atoms with van der Waals surface area (Å²) < 4.78 is 34.8. The first-order chi connectivity index (χ1) is 14.3. The highest BCUT2D eigenvalue weighted by Gasteiger charge is 2.20. The Morgan fingerprint density at radius 1 is 1.23 bits per heavy atom. The van der Waals surface area contributed by atoms with Gasteiger partial charge in [0.05, 0.1) is 11.3 Å². The van der Waals surface area contributed by atoms with E-state index >= 15 is 0 Å². The van der Waals surface area contributed by atoms with Gasteiger partial charge in [-0.05, 0) is 38.1 Å². The molecule has 3 rings (SSSR count). The first-order valence-corrected chi connectivity index (χ1v) is 9.09. The number of imidazole rings is 1. The summed E-state index contributed by atoms with van der Waals surface area (Å²) in [7, 11) is 0. The fourth-order valence-corrected chi connectivity index (χ4v) is 2.95. The van der Waals surface area contributed by atoms with Gasteiger partial charge in [-0.2, -0.15) is 0 Å². The van der Waals surface area contributed by atoms with Crippen LogP contribution in [0.2, 0.25) is 0 Å². The number of nitrogens with zero attached hydrogens (tertiary/aromatic N) is 2. The highest BCUT2D eigenvalue weighted by Crippen LogP contribution is 2.24. The molecule has 1 atom stereocenters. The molecule has 3 aromatic rings. The molecule has 0 spiro atoms. The maximum absolute atomic E-state index is 13.8. The predicted molar refractivity (Wildman–Crippen MR) is 104 cm³/mol. The molecule has 0 radical (unpaired) electrons. The van der Waals surface area contributed by atoms with Crippen LogP contribution in [-0.4, -0.2) is 39.1 Å². The van der Waals surface area contributed by atoms with Crippen LogP contribution in [0, 0.1) is 18.6 Å². The molecule has 0 aliphatic carbocycles. The van der Waals surface area contributed by atoms with Gasteiger partial charge in [-0.25, -0.2) is 18.6 Å². The summed E-state index contributed by atoms with van der Waals surface area (Å²) in [5.74, 6) is -1.63. The number of halogens is 2. The standard InChI is InChI=1S/C20H20F2N4O4/c1-11(24-20(28)29)9-23-19(27)17-12(2)25-18-16(7-4-8-26(17)18)30-10-13-14(21)5-3-6-15(13)22/h3-8,11,24H,9-10H2,1-2H3,(H,23,27)(H,28,29). The number of pyridine rings is 1. The third-order valence-electron chi connectivity index (χ3n) is 4.38. The van der Waals surface area contributed by atoms with Crippen LogP contribution >= 0.6 is 0 Å². The molecular weight excluding hydrogens is 398 g/mol. The normalized spacial score (nSPS) is 11.9. The van der Waals surface area contributed by atoms with Crippen LogP contribution in [0.3, 0.4) is 0 Å². The molecule has 1 aromatic carbocycles. The van der Waals surface area contributed by atoms with E-state index in [4.69, 9.17) is 9.84 Å². The molecule has 0 aliphatic heterocycles. The fraction of sp³-hybridized carbons (Fsp3) is 0.250. The second-order valence-corrected chi connectivity index (χ2v) is 6.66. The number of nitrogens with one attached hydrogen (secondary N) is 2. The minimum absolute atomic E-state index is 0.0839. The molecule has 8 nitrogen and oxygen atoms in total. The third-order valence-corrected chi connectivity index (χ3v) is 4.38. The number of amides is 2. The maximum atomic E-state index is 13.8. The Labute approximate surface area is 170 Å². The van der Waals surface area contributed by atoms with Gasteiger partial charge in [-0.1, -0.05) is 6.07 Å². The van der Waals surface area contributed by atoms with Gasteiger partial charge >= 0.3 is 6.09 Å². The lowest BCUT2D eigenvalue weighted by Crippen LogP contribution is -2.41. The van der Waals surface area contributed by atoms with E-state index in [1.165, 1.54) is 10.5 Å². The van der Waals surface area contributed by atoms with Gasteiger partial charge < -0.3 is 20.5 Å². The van der Waals surface area contributed by atoms with E-state index in [9.17, 15) is 18.4 Å². The summed E-state index contributed by atoms with van der Waals surface area (Å²) in [5.41, 5.74) is 0.767. The van der Waals surface area contributed by atoms with Crippen molar-refractivity contribution in [2.45, 2.75) is 26.5 Å². The Bertz CT molecular complexity index is 1080. The zero-order valence-corrected chi connectivity index (χ0v) is 16.3. The monoisotopic (exact) mass is 418 g/mol. The predicted octanol–water partition coefficient (Wildman–Crippen LogP) is 2.89. The van der Waals surface area contributed by atoms with Crippen LogP contribution in [0.5, 0.6) is 5.75 Å². The van der Waals surface area contributed by atoms with Crippen LogP contribution < -0.4 is 15.4 Å². The van der Waals surface area contributed by atoms with Crippen LogP contribution in [0.4, 0.5) is 13.6 Å². The smallest absolute Gasteiger partial charge is 0.404 e. The molecule has 30 heavy (non-hydrogen) atoms. The molecule has 2 aromatic heterocycles. The van der Waals surface area contributed by atoms with Gasteiger partial charge in [-0.3, -0.25) is 9.20 Å². The average Bonchev–Trinajstić information content (AvgIpc) is 3.02. The number of carboxylic acid groups (broad SMARTS) is 1. The molecule has 0 fully saturated rings. The number of aromatic nitrogens is 2. The number of ether oxygens (including phenoxy) is 1. The Kier molecular flexibility index (Phi) is 6.14. The van der Waals surface area contributed by atoms with E-state index in [0.717, 1.165) is 12.1 Å². The first kappa shape index (κ1) is 21.0. The molecule has 0 aliphatic rings. The SMILES string of the molecule is Cc1nc2c(OCc3c(F)cccc3F)cccn2c1C(=O)NCC(C)NC(=O)O. The summed E-state index contributed by atoms with van der Waals surface area (Å²) in [4.78, 5) is 27.6. The van der Waals surface area contributed by atoms with Crippen LogP contribution in [0.25, 0.3) is 5.65 Å². The van der Waals surface area contributed by atoms with Crippen molar-refractivity contribution >= 4 is 17.6 Å². The quantitative estimate of drug-likeness (QED) is 0.547. The average molecular weight is 418 g/mol. The Morgan fingerprint density at radius 3 is 2.60 bits per heavy atom. The molecule has 0 saturated carbocycles. The zero-order valence-electron chi connectivity index (χ0n) is 16.3. The van der Waals surface area contributed by atoms with Crippen molar-refractivity contribution in [2.75, 3.05) is 6.54 Å². The summed E-state index contributed by atoms with van der Waals surface area (Å²) in [6, 6.07) is 6.27. The molecule has 2 heterocycles. The lowest BCUT2D eigenvalue weighted by molar-refractivity contribution is 0.0942. The van der Waals surface area contributed by atoms with E-state index in [1.54, 1.807) is 32.2 Å². The number of benzene rings is 1. The molecule has 158 valence electrons. The van der Waals surface area contributed by atoms with E-state index in [2.05, 4.69) is 15.6 Å². The van der Waals surface area contributed by atoms with Gasteiger partial charge in [0, 0.05) is 18.8 Å². The molecule has 1 unspecified atom stereocenters. The summed E-state index contributed by atoms with van der Waals surface area (Å²) >= 11 is 0. The number of hydrogen-bond donors (Lipinski definition) is 3. The number of fused-ring (bicyclic) bond motifs is 1. The number of rotatable bonds is 7. The molecule has 3 N–H and O–H groups in total. The molecule has 0 bridgehead atoms. The Morgan fingerprint density at radius 2 is 1.93 bits per heavy atom. The third kappa shape index (κ3) is 4.48. The largest absolute Gasteiger partial charge is 0.485 e. The number of aryl methyl sites for hydroxylation is 1. The summed E-state index contributed by atoms with van der Waals surface area (Å²) in [6.07, 6.45) is 0.426. The molecule has 0 saturated heterocycles. The van der Waals surface area contributed by atoms with Gasteiger partial charge in [-0.15, -0.1) is 0 Å². The van der Waals surface area contributed by atoms with Crippen LogP contribution in [0.1, 0.15) is 28.7 Å². The van der Waals surface area contributed by atoms with Gasteiger partial charge in [0.2, 0.25) is 0 Å². The summed E-state index contributed by atoms with van der Waals surface area (Å²) in [6.45, 7) is 3.00. The molecular formula is C20H20F2N4O4. The minimum atomic E-state index is -1.18. The van der Waals surface area contributed by atoms with Gasteiger partial charge in [0.1, 0.15) is 23.9 Å². The van der Waals surface area contributed by atoms with E-state index in [1.807, 2.05) is 0 Å². The van der Waals surface area contributed by atoms with Crippen molar-refractivity contribution in [3.8, 4) is 5.75 Å². The van der Waals surface area contributed by atoms with E-state index in [0.29, 0.717) is 11.3 Å². The maximum Gasteiger partial charge on any atom is 0.404 e. The highest BCUT2D eigenvalue weighted by atomic mass is 19.1. The first-order valence-electron chi connectivity index (χ1n) is 9.09. The lowest BCUT2D eigenvalue weighted by atomic mass is 10.2. The van der Waals surface area contributed by atoms with Crippen molar-refractivity contribution < 1.29 is 28.2 Å². The number of carbonyl (C=O) groups is 2. The summed E-state index contributed by atoms with van der Waals surface area (Å²) in [5, 5.41) is 13.6. The fourth-order valence-electron chi connectivity index (χ4n) is 2.95. The van der Waals surface area contributed by atoms with Gasteiger partial charge in [0.15, 0.2) is 11.4 Å². The van der Waals surface area contributed by atoms with Crippen molar-refractivity contribution in [3.05, 3.63) is 65.1 Å². The molecule has 2 amide bonds. The Balaban J connectivity index is 1.81. The Hall–Kier alpha value is -3.69. The number of carbonyl (C=O) groups excluding carboxylic acids is 1. The van der Waals surface area contributed by atoms with E-state index in [-0.39, 0.29) is 30.2 Å². The number of hydrogen-bond acceptors (Lipinski definition) is 4. The van der Waals surface area contributed by atoms with Crippen molar-refractivity contribution in [1.29, 1.82) is 0 Å². The zero-order chi connectivity index (χ0) is 21.8.